The van der Waals surface area contributed by atoms with Crippen LogP contribution in [0.4, 0.5) is 16.2 Å². The Labute approximate surface area is 108 Å². The fraction of sp³-hybridized carbons (Fsp3) is 0.0909. The zero-order chi connectivity index (χ0) is 13.7. The average molecular weight is 261 g/mol. The number of urea groups is 1. The first-order valence-electron chi connectivity index (χ1n) is 5.43. The quantitative estimate of drug-likeness (QED) is 0.573. The maximum atomic E-state index is 11.6. The number of nitro benzene ring substituents is 1. The molecule has 0 saturated heterocycles. The lowest BCUT2D eigenvalue weighted by molar-refractivity contribution is -0.384. The van der Waals surface area contributed by atoms with Crippen LogP contribution >= 0.6 is 0 Å². The Morgan fingerprint density at radius 1 is 1.47 bits per heavy atom. The molecular formula is C11H11N5O3. The summed E-state index contributed by atoms with van der Waals surface area (Å²) in [5.74, 6) is 0.620. The van der Waals surface area contributed by atoms with Crippen molar-refractivity contribution in [2.45, 2.75) is 6.54 Å². The smallest absolute Gasteiger partial charge is 0.319 e. The Morgan fingerprint density at radius 2 is 2.32 bits per heavy atom. The highest BCUT2D eigenvalue weighted by Crippen LogP contribution is 2.16. The monoisotopic (exact) mass is 261 g/mol. The summed E-state index contributed by atoms with van der Waals surface area (Å²) in [6, 6.07) is 5.25. The fourth-order valence-corrected chi connectivity index (χ4v) is 1.43. The molecule has 0 fully saturated rings. The van der Waals surface area contributed by atoms with E-state index >= 15 is 0 Å². The molecule has 0 spiro atoms. The molecule has 0 atom stereocenters. The van der Waals surface area contributed by atoms with Crippen LogP contribution in [0.25, 0.3) is 0 Å². The van der Waals surface area contributed by atoms with Crippen LogP contribution in [0.15, 0.2) is 36.7 Å². The lowest BCUT2D eigenvalue weighted by atomic mass is 10.3. The van der Waals surface area contributed by atoms with Gasteiger partial charge >= 0.3 is 6.03 Å². The van der Waals surface area contributed by atoms with Gasteiger partial charge < -0.3 is 15.6 Å². The highest BCUT2D eigenvalue weighted by atomic mass is 16.6. The number of nitrogens with zero attached hydrogens (tertiary/aromatic N) is 2. The van der Waals surface area contributed by atoms with Gasteiger partial charge in [0.1, 0.15) is 5.82 Å². The lowest BCUT2D eigenvalue weighted by Gasteiger charge is -2.06. The maximum absolute atomic E-state index is 11.6. The van der Waals surface area contributed by atoms with Gasteiger partial charge in [0.2, 0.25) is 0 Å². The van der Waals surface area contributed by atoms with Gasteiger partial charge in [0, 0.05) is 30.2 Å². The van der Waals surface area contributed by atoms with E-state index in [-0.39, 0.29) is 12.2 Å². The Bertz CT molecular complexity index is 582. The maximum Gasteiger partial charge on any atom is 0.319 e. The first kappa shape index (κ1) is 12.6. The molecule has 1 aromatic carbocycles. The number of hydrogen-bond acceptors (Lipinski definition) is 4. The molecule has 3 N–H and O–H groups in total. The van der Waals surface area contributed by atoms with Crippen molar-refractivity contribution in [3.8, 4) is 0 Å². The Hall–Kier alpha value is -2.90. The van der Waals surface area contributed by atoms with E-state index in [2.05, 4.69) is 20.6 Å². The van der Waals surface area contributed by atoms with Gasteiger partial charge in [-0.2, -0.15) is 0 Å². The van der Waals surface area contributed by atoms with E-state index in [1.807, 2.05) is 0 Å². The zero-order valence-electron chi connectivity index (χ0n) is 9.79. The summed E-state index contributed by atoms with van der Waals surface area (Å²) in [6.45, 7) is 0.244. The van der Waals surface area contributed by atoms with Crippen LogP contribution in [-0.2, 0) is 6.54 Å². The number of aromatic amines is 1. The van der Waals surface area contributed by atoms with Crippen molar-refractivity contribution in [2.24, 2.45) is 0 Å². The van der Waals surface area contributed by atoms with Crippen molar-refractivity contribution in [2.75, 3.05) is 5.32 Å². The molecule has 0 aliphatic heterocycles. The molecular weight excluding hydrogens is 250 g/mol. The number of benzene rings is 1. The van der Waals surface area contributed by atoms with Crippen LogP contribution in [0.1, 0.15) is 5.82 Å². The number of non-ortho nitro benzene ring substituents is 1. The highest BCUT2D eigenvalue weighted by molar-refractivity contribution is 5.89. The van der Waals surface area contributed by atoms with Crippen LogP contribution in [0.3, 0.4) is 0 Å². The molecule has 0 aliphatic rings. The number of amides is 2. The molecule has 2 aromatic rings. The van der Waals surface area contributed by atoms with Gasteiger partial charge in [0.05, 0.1) is 11.5 Å². The average Bonchev–Trinajstić information content (AvgIpc) is 2.90. The number of imidazole rings is 1. The molecule has 2 amide bonds. The SMILES string of the molecule is O=C(NCc1ncc[nH]1)Nc1cccc([N+](=O)[O-])c1. The highest BCUT2D eigenvalue weighted by Gasteiger charge is 2.08. The first-order chi connectivity index (χ1) is 9.15. The second-order valence-electron chi connectivity index (χ2n) is 3.65. The molecule has 8 heteroatoms. The molecule has 8 nitrogen and oxygen atoms in total. The summed E-state index contributed by atoms with van der Waals surface area (Å²) in [5, 5.41) is 15.7. The van der Waals surface area contributed by atoms with E-state index in [0.717, 1.165) is 0 Å². The first-order valence-corrected chi connectivity index (χ1v) is 5.43. The molecule has 1 aromatic heterocycles. The summed E-state index contributed by atoms with van der Waals surface area (Å²) in [4.78, 5) is 28.4. The van der Waals surface area contributed by atoms with Crippen LogP contribution in [0.2, 0.25) is 0 Å². The summed E-state index contributed by atoms with van der Waals surface area (Å²) in [6.07, 6.45) is 3.23. The fourth-order valence-electron chi connectivity index (χ4n) is 1.43. The zero-order valence-corrected chi connectivity index (χ0v) is 9.79. The third-order valence-electron chi connectivity index (χ3n) is 2.29. The third-order valence-corrected chi connectivity index (χ3v) is 2.29. The van der Waals surface area contributed by atoms with Crippen LogP contribution in [-0.4, -0.2) is 20.9 Å². The summed E-state index contributed by atoms with van der Waals surface area (Å²) in [5.41, 5.74) is 0.273. The number of aromatic nitrogens is 2. The van der Waals surface area contributed by atoms with Crippen molar-refractivity contribution < 1.29 is 9.72 Å². The van der Waals surface area contributed by atoms with Gasteiger partial charge in [-0.15, -0.1) is 0 Å². The van der Waals surface area contributed by atoms with Gasteiger partial charge in [-0.3, -0.25) is 10.1 Å². The number of nitro groups is 1. The minimum atomic E-state index is -0.522. The lowest BCUT2D eigenvalue weighted by Crippen LogP contribution is -2.28. The summed E-state index contributed by atoms with van der Waals surface area (Å²) in [7, 11) is 0. The van der Waals surface area contributed by atoms with Crippen LogP contribution in [0, 0.1) is 10.1 Å². The Morgan fingerprint density at radius 3 is 3.00 bits per heavy atom. The second-order valence-corrected chi connectivity index (χ2v) is 3.65. The summed E-state index contributed by atoms with van der Waals surface area (Å²) >= 11 is 0. The third kappa shape index (κ3) is 3.53. The van der Waals surface area contributed by atoms with Gasteiger partial charge in [-0.25, -0.2) is 9.78 Å². The van der Waals surface area contributed by atoms with Gasteiger partial charge in [0.15, 0.2) is 0 Å². The van der Waals surface area contributed by atoms with Crippen molar-refractivity contribution in [1.29, 1.82) is 0 Å². The number of rotatable bonds is 4. The number of anilines is 1. The Kier molecular flexibility index (Phi) is 3.72. The number of H-pyrrole nitrogens is 1. The number of nitrogens with one attached hydrogen (secondary N) is 3. The van der Waals surface area contributed by atoms with Crippen LogP contribution in [0.5, 0.6) is 0 Å². The minimum Gasteiger partial charge on any atom is -0.347 e. The Balaban J connectivity index is 1.91. The molecule has 0 bridgehead atoms. The van der Waals surface area contributed by atoms with E-state index in [0.29, 0.717) is 11.5 Å². The van der Waals surface area contributed by atoms with E-state index in [4.69, 9.17) is 0 Å². The number of hydrogen-bond donors (Lipinski definition) is 3. The molecule has 0 unspecified atom stereocenters. The largest absolute Gasteiger partial charge is 0.347 e. The molecule has 19 heavy (non-hydrogen) atoms. The van der Waals surface area contributed by atoms with Gasteiger partial charge in [-0.1, -0.05) is 6.07 Å². The minimum absolute atomic E-state index is 0.0798. The van der Waals surface area contributed by atoms with Gasteiger partial charge in [-0.05, 0) is 6.07 Å². The molecule has 98 valence electrons. The van der Waals surface area contributed by atoms with E-state index in [1.54, 1.807) is 18.5 Å². The standard InChI is InChI=1S/C11H11N5O3/c17-11(14-7-10-12-4-5-13-10)15-8-2-1-3-9(6-8)16(18)19/h1-6H,7H2,(H,12,13)(H2,14,15,17). The van der Waals surface area contributed by atoms with E-state index < -0.39 is 11.0 Å². The normalized spacial score (nSPS) is 9.89. The molecule has 0 radical (unpaired) electrons. The van der Waals surface area contributed by atoms with Crippen molar-refractivity contribution in [3.05, 3.63) is 52.6 Å². The second kappa shape index (κ2) is 5.63. The van der Waals surface area contributed by atoms with E-state index in [1.165, 1.54) is 18.2 Å². The van der Waals surface area contributed by atoms with Gasteiger partial charge in [0.25, 0.3) is 5.69 Å². The van der Waals surface area contributed by atoms with Crippen molar-refractivity contribution >= 4 is 17.4 Å². The van der Waals surface area contributed by atoms with Crippen molar-refractivity contribution in [3.63, 3.8) is 0 Å². The number of carbonyl (C=O) groups is 1. The summed E-state index contributed by atoms with van der Waals surface area (Å²) < 4.78 is 0. The predicted molar refractivity (Wildman–Crippen MR) is 67.5 cm³/mol. The predicted octanol–water partition coefficient (Wildman–Crippen LogP) is 1.64. The van der Waals surface area contributed by atoms with Crippen LogP contribution < -0.4 is 10.6 Å². The molecule has 2 rings (SSSR count). The molecule has 0 saturated carbocycles. The topological polar surface area (TPSA) is 113 Å². The van der Waals surface area contributed by atoms with E-state index in [9.17, 15) is 14.9 Å². The molecule has 0 aliphatic carbocycles. The molecule has 1 heterocycles. The number of carbonyl (C=O) groups excluding carboxylic acids is 1. The van der Waals surface area contributed by atoms with Crippen molar-refractivity contribution in [1.82, 2.24) is 15.3 Å².